The summed E-state index contributed by atoms with van der Waals surface area (Å²) in [5.74, 6) is -0.748. The SMILES string of the molecule is O=C(N[C@H]1CC[C@@H](S(=O)(=O)c2cccc(C(F)(F)F)c2)CC1)c1ccnc(C(F)(F)F)c1. The van der Waals surface area contributed by atoms with E-state index < -0.39 is 55.5 Å². The van der Waals surface area contributed by atoms with Crippen LogP contribution in [0.3, 0.4) is 0 Å². The highest BCUT2D eigenvalue weighted by Crippen LogP contribution is 2.34. The van der Waals surface area contributed by atoms with Gasteiger partial charge in [0, 0.05) is 17.8 Å². The Labute approximate surface area is 179 Å². The third-order valence-electron chi connectivity index (χ3n) is 5.25. The number of amides is 1. The fourth-order valence-electron chi connectivity index (χ4n) is 3.55. The number of halogens is 6. The summed E-state index contributed by atoms with van der Waals surface area (Å²) in [5, 5.41) is 1.66. The molecule has 0 unspecified atom stereocenters. The summed E-state index contributed by atoms with van der Waals surface area (Å²) >= 11 is 0. The van der Waals surface area contributed by atoms with Crippen LogP contribution < -0.4 is 5.32 Å². The highest BCUT2D eigenvalue weighted by molar-refractivity contribution is 7.92. The number of hydrogen-bond donors (Lipinski definition) is 1. The highest BCUT2D eigenvalue weighted by Gasteiger charge is 2.36. The van der Waals surface area contributed by atoms with Crippen molar-refractivity contribution >= 4 is 15.7 Å². The van der Waals surface area contributed by atoms with Crippen LogP contribution in [0.15, 0.2) is 47.5 Å². The normalized spacial score (nSPS) is 20.1. The number of hydrogen-bond acceptors (Lipinski definition) is 4. The van der Waals surface area contributed by atoms with Crippen LogP contribution in [0.1, 0.15) is 47.3 Å². The lowest BCUT2D eigenvalue weighted by molar-refractivity contribution is -0.141. The van der Waals surface area contributed by atoms with Gasteiger partial charge in [-0.3, -0.25) is 9.78 Å². The molecule has 2 aromatic rings. The number of nitrogens with zero attached hydrogens (tertiary/aromatic N) is 1. The number of sulfone groups is 1. The fourth-order valence-corrected chi connectivity index (χ4v) is 5.39. The van der Waals surface area contributed by atoms with Gasteiger partial charge in [-0.2, -0.15) is 26.3 Å². The summed E-state index contributed by atoms with van der Waals surface area (Å²) in [7, 11) is -4.02. The van der Waals surface area contributed by atoms with E-state index in [1.165, 1.54) is 0 Å². The van der Waals surface area contributed by atoms with Crippen molar-refractivity contribution in [3.8, 4) is 0 Å². The van der Waals surface area contributed by atoms with Crippen LogP contribution in [0.4, 0.5) is 26.3 Å². The molecule has 1 amide bonds. The molecule has 0 atom stereocenters. The molecule has 0 radical (unpaired) electrons. The molecule has 0 saturated heterocycles. The first-order valence-electron chi connectivity index (χ1n) is 9.54. The van der Waals surface area contributed by atoms with E-state index in [4.69, 9.17) is 0 Å². The Hall–Kier alpha value is -2.63. The Balaban J connectivity index is 1.65. The van der Waals surface area contributed by atoms with Gasteiger partial charge < -0.3 is 5.32 Å². The van der Waals surface area contributed by atoms with Crippen LogP contribution >= 0.6 is 0 Å². The van der Waals surface area contributed by atoms with Crippen LogP contribution in [0.25, 0.3) is 0 Å². The molecule has 1 N–H and O–H groups in total. The maximum absolute atomic E-state index is 12.9. The van der Waals surface area contributed by atoms with E-state index in [9.17, 15) is 39.6 Å². The molecule has 1 aromatic heterocycles. The molecular weight excluding hydrogens is 462 g/mol. The van der Waals surface area contributed by atoms with Crippen molar-refractivity contribution in [3.05, 3.63) is 59.4 Å². The zero-order chi connectivity index (χ0) is 23.7. The molecule has 1 saturated carbocycles. The smallest absolute Gasteiger partial charge is 0.349 e. The van der Waals surface area contributed by atoms with Gasteiger partial charge in [0.25, 0.3) is 5.91 Å². The second-order valence-electron chi connectivity index (χ2n) is 7.45. The highest BCUT2D eigenvalue weighted by atomic mass is 32.2. The molecule has 174 valence electrons. The first-order chi connectivity index (χ1) is 14.8. The van der Waals surface area contributed by atoms with E-state index >= 15 is 0 Å². The predicted molar refractivity (Wildman–Crippen MR) is 101 cm³/mol. The molecule has 1 aromatic carbocycles. The number of carbonyl (C=O) groups is 1. The zero-order valence-corrected chi connectivity index (χ0v) is 17.2. The van der Waals surface area contributed by atoms with Crippen molar-refractivity contribution in [2.75, 3.05) is 0 Å². The van der Waals surface area contributed by atoms with E-state index in [-0.39, 0.29) is 31.2 Å². The number of aromatic nitrogens is 1. The van der Waals surface area contributed by atoms with Crippen LogP contribution in [-0.2, 0) is 22.2 Å². The quantitative estimate of drug-likeness (QED) is 0.648. The van der Waals surface area contributed by atoms with Crippen molar-refractivity contribution in [2.24, 2.45) is 0 Å². The third-order valence-corrected chi connectivity index (χ3v) is 7.51. The number of nitrogens with one attached hydrogen (secondary N) is 1. The maximum atomic E-state index is 12.9. The maximum Gasteiger partial charge on any atom is 0.433 e. The zero-order valence-electron chi connectivity index (χ0n) is 16.4. The summed E-state index contributed by atoms with van der Waals surface area (Å²) < 4.78 is 103. The largest absolute Gasteiger partial charge is 0.433 e. The molecular formula is C20H18F6N2O3S. The number of alkyl halides is 6. The van der Waals surface area contributed by atoms with Crippen molar-refractivity contribution in [2.45, 2.75) is 54.2 Å². The first kappa shape index (κ1) is 24.0. The minimum Gasteiger partial charge on any atom is -0.349 e. The lowest BCUT2D eigenvalue weighted by Crippen LogP contribution is -2.40. The van der Waals surface area contributed by atoms with Crippen LogP contribution in [0.5, 0.6) is 0 Å². The van der Waals surface area contributed by atoms with E-state index in [1.54, 1.807) is 0 Å². The average Bonchev–Trinajstić information content (AvgIpc) is 2.73. The topological polar surface area (TPSA) is 76.1 Å². The molecule has 1 aliphatic carbocycles. The predicted octanol–water partition coefficient (Wildman–Crippen LogP) is 4.63. The molecule has 1 heterocycles. The van der Waals surface area contributed by atoms with Gasteiger partial charge in [-0.1, -0.05) is 6.07 Å². The van der Waals surface area contributed by atoms with E-state index in [0.717, 1.165) is 30.5 Å². The number of rotatable bonds is 4. The molecule has 0 bridgehead atoms. The molecule has 1 aliphatic rings. The van der Waals surface area contributed by atoms with Gasteiger partial charge in [0.2, 0.25) is 0 Å². The lowest BCUT2D eigenvalue weighted by Gasteiger charge is -2.29. The van der Waals surface area contributed by atoms with Gasteiger partial charge in [-0.15, -0.1) is 0 Å². The Morgan fingerprint density at radius 1 is 0.938 bits per heavy atom. The van der Waals surface area contributed by atoms with Crippen molar-refractivity contribution in [1.29, 1.82) is 0 Å². The molecule has 32 heavy (non-hydrogen) atoms. The summed E-state index contributed by atoms with van der Waals surface area (Å²) in [6, 6.07) is 4.82. The van der Waals surface area contributed by atoms with Gasteiger partial charge in [0.1, 0.15) is 5.69 Å². The van der Waals surface area contributed by atoms with Crippen LogP contribution in [0, 0.1) is 0 Å². The fraction of sp³-hybridized carbons (Fsp3) is 0.400. The molecule has 3 rings (SSSR count). The Morgan fingerprint density at radius 2 is 1.59 bits per heavy atom. The monoisotopic (exact) mass is 480 g/mol. The number of pyridine rings is 1. The Kier molecular flexibility index (Phi) is 6.55. The third kappa shape index (κ3) is 5.40. The lowest BCUT2D eigenvalue weighted by atomic mass is 9.94. The van der Waals surface area contributed by atoms with Crippen LogP contribution in [0.2, 0.25) is 0 Å². The summed E-state index contributed by atoms with van der Waals surface area (Å²) in [4.78, 5) is 15.1. The molecule has 12 heteroatoms. The minimum absolute atomic E-state index is 0.0909. The summed E-state index contributed by atoms with van der Waals surface area (Å²) in [6.07, 6.45) is -7.90. The van der Waals surface area contributed by atoms with Gasteiger partial charge in [-0.05, 0) is 56.0 Å². The van der Waals surface area contributed by atoms with Crippen molar-refractivity contribution in [1.82, 2.24) is 10.3 Å². The molecule has 0 spiro atoms. The van der Waals surface area contributed by atoms with Crippen LogP contribution in [-0.4, -0.2) is 30.6 Å². The molecule has 0 aliphatic heterocycles. The number of benzene rings is 1. The van der Waals surface area contributed by atoms with E-state index in [1.807, 2.05) is 0 Å². The Bertz CT molecular complexity index is 1090. The van der Waals surface area contributed by atoms with E-state index in [2.05, 4.69) is 10.3 Å². The second kappa shape index (κ2) is 8.72. The first-order valence-corrected chi connectivity index (χ1v) is 11.1. The summed E-state index contributed by atoms with van der Waals surface area (Å²) in [5.41, 5.74) is -2.50. The Morgan fingerprint density at radius 3 is 2.19 bits per heavy atom. The van der Waals surface area contributed by atoms with Gasteiger partial charge in [-0.25, -0.2) is 8.42 Å². The number of carbonyl (C=O) groups excluding carboxylic acids is 1. The molecule has 5 nitrogen and oxygen atoms in total. The van der Waals surface area contributed by atoms with E-state index in [0.29, 0.717) is 12.1 Å². The average molecular weight is 480 g/mol. The van der Waals surface area contributed by atoms with Gasteiger partial charge >= 0.3 is 12.4 Å². The van der Waals surface area contributed by atoms with Gasteiger partial charge in [0.05, 0.1) is 15.7 Å². The van der Waals surface area contributed by atoms with Crippen molar-refractivity contribution < 1.29 is 39.6 Å². The van der Waals surface area contributed by atoms with Gasteiger partial charge in [0.15, 0.2) is 9.84 Å². The molecule has 1 fully saturated rings. The van der Waals surface area contributed by atoms with Crippen molar-refractivity contribution in [3.63, 3.8) is 0 Å². The second-order valence-corrected chi connectivity index (χ2v) is 9.67. The standard InChI is InChI=1S/C20H18F6N2O3S/c21-19(22,23)13-2-1-3-16(11-13)32(30,31)15-6-4-14(5-7-15)28-18(29)12-8-9-27-17(10-12)20(24,25)26/h1-3,8-11,14-15H,4-7H2,(H,28,29)/t14-,15+. The minimum atomic E-state index is -4.70. The summed E-state index contributed by atoms with van der Waals surface area (Å²) in [6.45, 7) is 0.